The van der Waals surface area contributed by atoms with Gasteiger partial charge in [0.2, 0.25) is 10.0 Å². The molecule has 18 heteroatoms. The van der Waals surface area contributed by atoms with E-state index in [0.717, 1.165) is 0 Å². The fraction of sp³-hybridized carbons (Fsp3) is 1.00. The Bertz CT molecular complexity index is 646. The van der Waals surface area contributed by atoms with Gasteiger partial charge in [0.25, 0.3) is 0 Å². The third kappa shape index (κ3) is 4.71. The zero-order valence-electron chi connectivity index (χ0n) is 12.8. The van der Waals surface area contributed by atoms with Crippen molar-refractivity contribution in [3.63, 3.8) is 0 Å². The largest absolute Gasteiger partial charge is 0.460 e. The van der Waals surface area contributed by atoms with Crippen LogP contribution in [0, 0.1) is 0 Å². The molecule has 0 radical (unpaired) electrons. The minimum absolute atomic E-state index is 0.456. The summed E-state index contributed by atoms with van der Waals surface area (Å²) in [7, 11) is -4.88. The molecule has 0 aliphatic rings. The van der Waals surface area contributed by atoms with Crippen LogP contribution >= 0.6 is 11.6 Å². The first kappa shape index (κ1) is 27.3. The lowest BCUT2D eigenvalue weighted by Crippen LogP contribution is -2.70. The van der Waals surface area contributed by atoms with Crippen molar-refractivity contribution >= 4 is 21.6 Å². The van der Waals surface area contributed by atoms with E-state index in [1.807, 2.05) is 0 Å². The first-order valence-electron chi connectivity index (χ1n) is 6.51. The standard InChI is InChI=1S/C10H9ClF13NO2S/c11-2-3-25-28(26,27)4-1-5(12,13)6(14,15)7(16,17)8(18,19)9(20,21)10(22,23)24/h25H,1-4H2. The lowest BCUT2D eigenvalue weighted by Gasteiger charge is -2.39. The molecule has 170 valence electrons. The van der Waals surface area contributed by atoms with Crippen molar-refractivity contribution in [2.75, 3.05) is 18.2 Å². The predicted octanol–water partition coefficient (Wildman–Crippen LogP) is 4.27. The highest BCUT2D eigenvalue weighted by atomic mass is 35.5. The van der Waals surface area contributed by atoms with Gasteiger partial charge in [0, 0.05) is 18.8 Å². The van der Waals surface area contributed by atoms with Crippen LogP contribution in [-0.2, 0) is 10.0 Å². The highest BCUT2D eigenvalue weighted by molar-refractivity contribution is 7.89. The lowest BCUT2D eigenvalue weighted by atomic mass is 9.93. The smallest absolute Gasteiger partial charge is 0.214 e. The van der Waals surface area contributed by atoms with Gasteiger partial charge in [-0.25, -0.2) is 13.1 Å². The molecule has 0 heterocycles. The fourth-order valence-corrected chi connectivity index (χ4v) is 2.78. The van der Waals surface area contributed by atoms with Crippen LogP contribution in [0.15, 0.2) is 0 Å². The topological polar surface area (TPSA) is 46.2 Å². The molecule has 3 nitrogen and oxygen atoms in total. The summed E-state index contributed by atoms with van der Waals surface area (Å²) in [5.41, 5.74) is 0. The Morgan fingerprint density at radius 1 is 0.679 bits per heavy atom. The van der Waals surface area contributed by atoms with Gasteiger partial charge in [-0.1, -0.05) is 0 Å². The van der Waals surface area contributed by atoms with Crippen LogP contribution in [0.4, 0.5) is 57.1 Å². The maximum absolute atomic E-state index is 13.4. The van der Waals surface area contributed by atoms with Gasteiger partial charge in [0.15, 0.2) is 0 Å². The van der Waals surface area contributed by atoms with E-state index >= 15 is 0 Å². The molecule has 0 aliphatic carbocycles. The molecule has 0 unspecified atom stereocenters. The number of sulfonamides is 1. The van der Waals surface area contributed by atoms with E-state index in [1.54, 1.807) is 0 Å². The normalized spacial score (nSPS) is 15.8. The minimum Gasteiger partial charge on any atom is -0.214 e. The van der Waals surface area contributed by atoms with Crippen molar-refractivity contribution < 1.29 is 65.5 Å². The minimum atomic E-state index is -8.01. The Hall–Kier alpha value is -0.710. The maximum atomic E-state index is 13.4. The van der Waals surface area contributed by atoms with Crippen LogP contribution in [-0.4, -0.2) is 62.4 Å². The summed E-state index contributed by atoms with van der Waals surface area (Å²) >= 11 is 5.02. The molecule has 0 fully saturated rings. The third-order valence-electron chi connectivity index (χ3n) is 3.10. The van der Waals surface area contributed by atoms with Crippen molar-refractivity contribution in [3.05, 3.63) is 0 Å². The highest BCUT2D eigenvalue weighted by Crippen LogP contribution is 2.60. The average Bonchev–Trinajstić information content (AvgIpc) is 2.49. The van der Waals surface area contributed by atoms with Crippen molar-refractivity contribution in [3.8, 4) is 0 Å². The number of hydrogen-bond donors (Lipinski definition) is 1. The van der Waals surface area contributed by atoms with Crippen LogP contribution in [0.5, 0.6) is 0 Å². The molecule has 0 spiro atoms. The van der Waals surface area contributed by atoms with E-state index in [-0.39, 0.29) is 0 Å². The predicted molar refractivity (Wildman–Crippen MR) is 67.9 cm³/mol. The second-order valence-electron chi connectivity index (χ2n) is 5.15. The molecule has 0 aromatic rings. The van der Waals surface area contributed by atoms with Crippen LogP contribution in [0.25, 0.3) is 0 Å². The molecule has 0 rings (SSSR count). The molecule has 0 saturated heterocycles. The van der Waals surface area contributed by atoms with E-state index in [9.17, 15) is 65.5 Å². The molecule has 0 saturated carbocycles. The summed E-state index contributed by atoms with van der Waals surface area (Å²) in [4.78, 5) is 0. The molecule has 0 amide bonds. The fourth-order valence-electron chi connectivity index (χ4n) is 1.49. The van der Waals surface area contributed by atoms with E-state index in [0.29, 0.717) is 0 Å². The first-order valence-corrected chi connectivity index (χ1v) is 8.69. The summed E-state index contributed by atoms with van der Waals surface area (Å²) in [6.07, 6.45) is -10.3. The zero-order chi connectivity index (χ0) is 23.0. The van der Waals surface area contributed by atoms with Crippen molar-refractivity contribution in [2.45, 2.75) is 42.2 Å². The maximum Gasteiger partial charge on any atom is 0.460 e. The molecule has 0 aliphatic heterocycles. The van der Waals surface area contributed by atoms with Gasteiger partial charge in [-0.3, -0.25) is 0 Å². The van der Waals surface area contributed by atoms with Gasteiger partial charge in [0.05, 0.1) is 5.75 Å². The van der Waals surface area contributed by atoms with Gasteiger partial charge < -0.3 is 0 Å². The molecule has 28 heavy (non-hydrogen) atoms. The summed E-state index contributed by atoms with van der Waals surface area (Å²) in [6.45, 7) is -0.641. The molecule has 0 bridgehead atoms. The Morgan fingerprint density at radius 2 is 1.07 bits per heavy atom. The first-order chi connectivity index (χ1) is 12.0. The summed E-state index contributed by atoms with van der Waals surface area (Å²) in [5.74, 6) is -40.3. The Morgan fingerprint density at radius 3 is 1.43 bits per heavy atom. The molecular weight excluding hydrogens is 481 g/mol. The van der Waals surface area contributed by atoms with Gasteiger partial charge in [0.1, 0.15) is 0 Å². The number of hydrogen-bond acceptors (Lipinski definition) is 2. The van der Waals surface area contributed by atoms with Crippen LogP contribution in [0.2, 0.25) is 0 Å². The molecule has 0 aromatic carbocycles. The van der Waals surface area contributed by atoms with Crippen LogP contribution < -0.4 is 4.72 Å². The second kappa shape index (κ2) is 7.85. The number of rotatable bonds is 10. The van der Waals surface area contributed by atoms with E-state index < -0.39 is 70.4 Å². The molecule has 0 atom stereocenters. The van der Waals surface area contributed by atoms with Crippen molar-refractivity contribution in [1.29, 1.82) is 0 Å². The zero-order valence-corrected chi connectivity index (χ0v) is 14.4. The molecule has 0 aromatic heterocycles. The quantitative estimate of drug-likeness (QED) is 0.368. The summed E-state index contributed by atoms with van der Waals surface area (Å²) in [6, 6.07) is 0. The summed E-state index contributed by atoms with van der Waals surface area (Å²) in [5, 5.41) is 0. The Kier molecular flexibility index (Phi) is 7.65. The average molecular weight is 490 g/mol. The number of halogens is 14. The number of nitrogens with one attached hydrogen (secondary N) is 1. The number of alkyl halides is 14. The van der Waals surface area contributed by atoms with E-state index in [2.05, 4.69) is 0 Å². The molecular formula is C10H9ClF13NO2S. The van der Waals surface area contributed by atoms with Gasteiger partial charge in [-0.2, -0.15) is 57.1 Å². The van der Waals surface area contributed by atoms with E-state index in [1.165, 1.54) is 4.72 Å². The summed E-state index contributed by atoms with van der Waals surface area (Å²) < 4.78 is 190. The van der Waals surface area contributed by atoms with Gasteiger partial charge in [-0.15, -0.1) is 11.6 Å². The van der Waals surface area contributed by atoms with Gasteiger partial charge >= 0.3 is 35.8 Å². The molecule has 1 N–H and O–H groups in total. The third-order valence-corrected chi connectivity index (χ3v) is 4.67. The van der Waals surface area contributed by atoms with Gasteiger partial charge in [-0.05, 0) is 0 Å². The van der Waals surface area contributed by atoms with Crippen molar-refractivity contribution in [2.24, 2.45) is 0 Å². The lowest BCUT2D eigenvalue weighted by molar-refractivity contribution is -0.439. The van der Waals surface area contributed by atoms with E-state index in [4.69, 9.17) is 11.6 Å². The second-order valence-corrected chi connectivity index (χ2v) is 7.46. The van der Waals surface area contributed by atoms with Crippen LogP contribution in [0.1, 0.15) is 6.42 Å². The Labute approximate surface area is 153 Å². The Balaban J connectivity index is 5.93. The van der Waals surface area contributed by atoms with Crippen molar-refractivity contribution in [1.82, 2.24) is 4.72 Å². The highest BCUT2D eigenvalue weighted by Gasteiger charge is 2.90. The van der Waals surface area contributed by atoms with Crippen LogP contribution in [0.3, 0.4) is 0 Å². The monoisotopic (exact) mass is 489 g/mol. The SMILES string of the molecule is O=S(=O)(CCC(F)(F)C(F)(F)C(F)(F)C(F)(F)C(F)(F)C(F)(F)F)NCCCl.